The summed E-state index contributed by atoms with van der Waals surface area (Å²) in [6, 6.07) is 8.62. The smallest absolute Gasteiger partial charge is 0.272 e. The molecule has 1 heterocycles. The summed E-state index contributed by atoms with van der Waals surface area (Å²) in [5, 5.41) is 2.54. The van der Waals surface area contributed by atoms with E-state index in [4.69, 9.17) is 27.4 Å². The number of likely N-dealkylation sites (tertiary alicyclic amines) is 1. The van der Waals surface area contributed by atoms with E-state index in [1.54, 1.807) is 24.3 Å². The summed E-state index contributed by atoms with van der Waals surface area (Å²) in [5.41, 5.74) is 0.0191. The predicted molar refractivity (Wildman–Crippen MR) is 115 cm³/mol. The number of hydrogen-bond donors (Lipinski definition) is 1. The molecule has 1 aromatic carbocycles. The Bertz CT molecular complexity index is 800. The SMILES string of the molecule is CC1(NC(=O)COS(=O)(=O)Cc2ccccc2)CCC(Cl)C(Cl)C1N1CCCC1. The van der Waals surface area contributed by atoms with E-state index in [2.05, 4.69) is 10.2 Å². The summed E-state index contributed by atoms with van der Waals surface area (Å²) >= 11 is 13.1. The van der Waals surface area contributed by atoms with Gasteiger partial charge in [0.2, 0.25) is 5.91 Å². The van der Waals surface area contributed by atoms with Gasteiger partial charge in [-0.3, -0.25) is 13.9 Å². The Balaban J connectivity index is 1.62. The lowest BCUT2D eigenvalue weighted by Gasteiger charge is -2.50. The Morgan fingerprint density at radius 1 is 1.24 bits per heavy atom. The van der Waals surface area contributed by atoms with Crippen LogP contribution in [0.4, 0.5) is 0 Å². The Morgan fingerprint density at radius 3 is 2.55 bits per heavy atom. The maximum Gasteiger partial charge on any atom is 0.272 e. The Hall–Kier alpha value is -0.860. The van der Waals surface area contributed by atoms with E-state index >= 15 is 0 Å². The van der Waals surface area contributed by atoms with Gasteiger partial charge < -0.3 is 5.32 Å². The molecule has 3 rings (SSSR count). The third kappa shape index (κ3) is 5.85. The average Bonchev–Trinajstić information content (AvgIpc) is 3.18. The highest BCUT2D eigenvalue weighted by molar-refractivity contribution is 7.85. The first-order valence-electron chi connectivity index (χ1n) is 9.94. The maximum absolute atomic E-state index is 12.6. The van der Waals surface area contributed by atoms with Crippen LogP contribution in [0.2, 0.25) is 0 Å². The van der Waals surface area contributed by atoms with Gasteiger partial charge >= 0.3 is 0 Å². The number of carbonyl (C=O) groups excluding carboxylic acids is 1. The summed E-state index contributed by atoms with van der Waals surface area (Å²) in [4.78, 5) is 14.9. The highest BCUT2D eigenvalue weighted by Crippen LogP contribution is 2.39. The van der Waals surface area contributed by atoms with Crippen LogP contribution in [0.3, 0.4) is 0 Å². The molecule has 162 valence electrons. The molecule has 0 spiro atoms. The number of halogens is 2. The van der Waals surface area contributed by atoms with Gasteiger partial charge in [0.1, 0.15) is 12.4 Å². The van der Waals surface area contributed by atoms with Crippen LogP contribution in [-0.4, -0.2) is 61.3 Å². The summed E-state index contributed by atoms with van der Waals surface area (Å²) in [5.74, 6) is -0.739. The van der Waals surface area contributed by atoms with Crippen LogP contribution >= 0.6 is 23.2 Å². The second-order valence-corrected chi connectivity index (χ2v) is 10.8. The van der Waals surface area contributed by atoms with Crippen LogP contribution < -0.4 is 5.32 Å². The molecule has 0 radical (unpaired) electrons. The molecule has 2 aliphatic rings. The number of nitrogens with zero attached hydrogens (tertiary/aromatic N) is 1. The fraction of sp³-hybridized carbons (Fsp3) is 0.650. The summed E-state index contributed by atoms with van der Waals surface area (Å²) in [7, 11) is -3.86. The van der Waals surface area contributed by atoms with E-state index in [0.29, 0.717) is 18.4 Å². The number of carbonyl (C=O) groups is 1. The predicted octanol–water partition coefficient (Wildman–Crippen LogP) is 2.88. The molecular formula is C20H28Cl2N2O4S. The van der Waals surface area contributed by atoms with Gasteiger partial charge in [0.05, 0.1) is 22.3 Å². The van der Waals surface area contributed by atoms with Crippen LogP contribution in [0.25, 0.3) is 0 Å². The first-order valence-corrected chi connectivity index (χ1v) is 12.4. The Kier molecular flexibility index (Phi) is 7.49. The lowest BCUT2D eigenvalue weighted by Crippen LogP contribution is -2.67. The number of nitrogens with one attached hydrogen (secondary N) is 1. The van der Waals surface area contributed by atoms with E-state index in [9.17, 15) is 13.2 Å². The largest absolute Gasteiger partial charge is 0.347 e. The average molecular weight is 463 g/mol. The summed E-state index contributed by atoms with van der Waals surface area (Å²) in [6.45, 7) is 3.26. The molecule has 0 aromatic heterocycles. The van der Waals surface area contributed by atoms with Crippen LogP contribution in [0.15, 0.2) is 30.3 Å². The lowest BCUT2D eigenvalue weighted by molar-refractivity contribution is -0.126. The van der Waals surface area contributed by atoms with Gasteiger partial charge in [-0.25, -0.2) is 0 Å². The van der Waals surface area contributed by atoms with Gasteiger partial charge in [0, 0.05) is 0 Å². The van der Waals surface area contributed by atoms with Gasteiger partial charge in [-0.15, -0.1) is 23.2 Å². The number of hydrogen-bond acceptors (Lipinski definition) is 5. The summed E-state index contributed by atoms with van der Waals surface area (Å²) < 4.78 is 29.4. The molecule has 4 unspecified atom stereocenters. The monoisotopic (exact) mass is 462 g/mol. The van der Waals surface area contributed by atoms with Crippen molar-refractivity contribution in [2.24, 2.45) is 0 Å². The van der Waals surface area contributed by atoms with Gasteiger partial charge in [0.15, 0.2) is 0 Å². The van der Waals surface area contributed by atoms with E-state index < -0.39 is 28.2 Å². The zero-order valence-corrected chi connectivity index (χ0v) is 18.8. The van der Waals surface area contributed by atoms with Gasteiger partial charge in [0.25, 0.3) is 10.1 Å². The van der Waals surface area contributed by atoms with Crippen molar-refractivity contribution < 1.29 is 17.4 Å². The number of amides is 1. The zero-order chi connectivity index (χ0) is 21.1. The highest BCUT2D eigenvalue weighted by atomic mass is 35.5. The molecule has 29 heavy (non-hydrogen) atoms. The zero-order valence-electron chi connectivity index (χ0n) is 16.5. The van der Waals surface area contributed by atoms with Crippen LogP contribution in [0.1, 0.15) is 38.2 Å². The third-order valence-electron chi connectivity index (χ3n) is 5.75. The van der Waals surface area contributed by atoms with E-state index in [-0.39, 0.29) is 22.5 Å². The van der Waals surface area contributed by atoms with E-state index in [0.717, 1.165) is 25.9 Å². The second kappa shape index (κ2) is 9.52. The van der Waals surface area contributed by atoms with Crippen molar-refractivity contribution in [3.63, 3.8) is 0 Å². The first-order chi connectivity index (χ1) is 13.7. The minimum absolute atomic E-state index is 0.104. The third-order valence-corrected chi connectivity index (χ3v) is 8.08. The van der Waals surface area contributed by atoms with E-state index in [1.807, 2.05) is 13.0 Å². The first kappa shape index (κ1) is 22.8. The fourth-order valence-corrected chi connectivity index (χ4v) is 6.15. The topological polar surface area (TPSA) is 75.7 Å². The van der Waals surface area contributed by atoms with Crippen LogP contribution in [-0.2, 0) is 24.8 Å². The normalized spacial score (nSPS) is 30.9. The molecule has 1 saturated heterocycles. The summed E-state index contributed by atoms with van der Waals surface area (Å²) in [6.07, 6.45) is 3.55. The molecule has 2 fully saturated rings. The highest BCUT2D eigenvalue weighted by Gasteiger charge is 2.49. The number of alkyl halides is 2. The molecule has 1 aromatic rings. The van der Waals surface area contributed by atoms with Crippen molar-refractivity contribution in [2.45, 2.75) is 60.7 Å². The molecular weight excluding hydrogens is 435 g/mol. The second-order valence-electron chi connectivity index (χ2n) is 8.10. The molecule has 1 aliphatic heterocycles. The van der Waals surface area contributed by atoms with Crippen molar-refractivity contribution in [3.05, 3.63) is 35.9 Å². The van der Waals surface area contributed by atoms with Crippen molar-refractivity contribution in [2.75, 3.05) is 19.7 Å². The molecule has 1 N–H and O–H groups in total. The molecule has 0 bridgehead atoms. The molecule has 6 nitrogen and oxygen atoms in total. The molecule has 9 heteroatoms. The molecule has 4 atom stereocenters. The maximum atomic E-state index is 12.6. The quantitative estimate of drug-likeness (QED) is 0.497. The minimum atomic E-state index is -3.86. The van der Waals surface area contributed by atoms with Crippen LogP contribution in [0.5, 0.6) is 0 Å². The molecule has 1 amide bonds. The number of benzene rings is 1. The van der Waals surface area contributed by atoms with Crippen LogP contribution in [0, 0.1) is 0 Å². The number of rotatable bonds is 7. The Morgan fingerprint density at radius 2 is 1.90 bits per heavy atom. The molecule has 1 aliphatic carbocycles. The molecule has 1 saturated carbocycles. The lowest BCUT2D eigenvalue weighted by atomic mass is 9.77. The van der Waals surface area contributed by atoms with Crippen molar-refractivity contribution in [1.82, 2.24) is 10.2 Å². The van der Waals surface area contributed by atoms with Gasteiger partial charge in [-0.1, -0.05) is 30.3 Å². The van der Waals surface area contributed by atoms with Crippen molar-refractivity contribution in [1.29, 1.82) is 0 Å². The Labute approximate surface area is 183 Å². The van der Waals surface area contributed by atoms with Gasteiger partial charge in [-0.2, -0.15) is 8.42 Å². The fourth-order valence-electron chi connectivity index (χ4n) is 4.37. The van der Waals surface area contributed by atoms with Crippen molar-refractivity contribution >= 4 is 39.2 Å². The van der Waals surface area contributed by atoms with E-state index in [1.165, 1.54) is 0 Å². The standard InChI is InChI=1S/C20H28Cl2N2O4S/c1-20(10-9-16(21)18(22)19(20)24-11-5-6-12-24)23-17(25)13-28-29(26,27)14-15-7-3-2-4-8-15/h2-4,7-8,16,18-19H,5-6,9-14H2,1H3,(H,23,25). The van der Waals surface area contributed by atoms with Gasteiger partial charge in [-0.05, 0) is 51.3 Å². The minimum Gasteiger partial charge on any atom is -0.347 e. The van der Waals surface area contributed by atoms with Crippen molar-refractivity contribution in [3.8, 4) is 0 Å².